The van der Waals surface area contributed by atoms with E-state index in [1.807, 2.05) is 0 Å². The standard InChI is InChI=1S/C23H34N4O3/c1-16-6-7-18(19(10-16)29-15-17-8-9-28-14-17)11-26-22(24-5)27-13-21-25-12-20(30-21)23(2,3)4/h6-7,10,12,17H,8-9,11,13-15H2,1-5H3,(H2,24,26,27). The van der Waals surface area contributed by atoms with Crippen molar-refractivity contribution in [3.63, 3.8) is 0 Å². The third-order valence-corrected chi connectivity index (χ3v) is 5.09. The normalized spacial score (nSPS) is 17.2. The first-order chi connectivity index (χ1) is 14.3. The van der Waals surface area contributed by atoms with Gasteiger partial charge in [-0.3, -0.25) is 4.99 Å². The fourth-order valence-electron chi connectivity index (χ4n) is 3.16. The average Bonchev–Trinajstić information content (AvgIpc) is 3.39. The van der Waals surface area contributed by atoms with Crippen LogP contribution in [0.15, 0.2) is 33.8 Å². The lowest BCUT2D eigenvalue weighted by Gasteiger charge is -2.16. The Kier molecular flexibility index (Phi) is 7.37. The first-order valence-corrected chi connectivity index (χ1v) is 10.5. The van der Waals surface area contributed by atoms with Gasteiger partial charge in [0, 0.05) is 37.1 Å². The molecule has 7 heteroatoms. The number of guanidine groups is 1. The molecule has 0 aliphatic carbocycles. The highest BCUT2D eigenvalue weighted by Crippen LogP contribution is 2.23. The second kappa shape index (κ2) is 9.98. The SMILES string of the molecule is CN=C(NCc1ncc(C(C)(C)C)o1)NCc1ccc(C)cc1OCC1CCOC1. The number of benzene rings is 1. The minimum atomic E-state index is -0.0579. The molecule has 1 aromatic carbocycles. The van der Waals surface area contributed by atoms with Gasteiger partial charge in [0.15, 0.2) is 5.96 Å². The van der Waals surface area contributed by atoms with Gasteiger partial charge in [0.1, 0.15) is 11.5 Å². The zero-order valence-corrected chi connectivity index (χ0v) is 18.7. The molecule has 164 valence electrons. The highest BCUT2D eigenvalue weighted by Gasteiger charge is 2.19. The molecule has 1 saturated heterocycles. The maximum Gasteiger partial charge on any atom is 0.213 e. The van der Waals surface area contributed by atoms with E-state index in [2.05, 4.69) is 66.5 Å². The molecule has 2 heterocycles. The van der Waals surface area contributed by atoms with Gasteiger partial charge in [0.25, 0.3) is 0 Å². The summed E-state index contributed by atoms with van der Waals surface area (Å²) in [4.78, 5) is 8.65. The van der Waals surface area contributed by atoms with Gasteiger partial charge >= 0.3 is 0 Å². The summed E-state index contributed by atoms with van der Waals surface area (Å²) < 4.78 is 17.4. The van der Waals surface area contributed by atoms with Crippen molar-refractivity contribution in [2.45, 2.75) is 52.6 Å². The van der Waals surface area contributed by atoms with E-state index in [9.17, 15) is 0 Å². The van der Waals surface area contributed by atoms with Crippen molar-refractivity contribution in [1.82, 2.24) is 15.6 Å². The molecule has 0 bridgehead atoms. The lowest BCUT2D eigenvalue weighted by atomic mass is 9.94. The fraction of sp³-hybridized carbons (Fsp3) is 0.565. The second-order valence-electron chi connectivity index (χ2n) is 8.80. The van der Waals surface area contributed by atoms with Crippen LogP contribution >= 0.6 is 0 Å². The predicted molar refractivity (Wildman–Crippen MR) is 118 cm³/mol. The Bertz CT molecular complexity index is 848. The Morgan fingerprint density at radius 2 is 2.07 bits per heavy atom. The summed E-state index contributed by atoms with van der Waals surface area (Å²) in [6, 6.07) is 6.28. The molecule has 0 radical (unpaired) electrons. The summed E-state index contributed by atoms with van der Waals surface area (Å²) in [6.07, 6.45) is 2.85. The number of aliphatic imine (C=N–C) groups is 1. The molecule has 1 aromatic heterocycles. The molecule has 1 unspecified atom stereocenters. The minimum absolute atomic E-state index is 0.0579. The van der Waals surface area contributed by atoms with Crippen molar-refractivity contribution >= 4 is 5.96 Å². The van der Waals surface area contributed by atoms with Gasteiger partial charge < -0.3 is 24.5 Å². The molecule has 30 heavy (non-hydrogen) atoms. The van der Waals surface area contributed by atoms with Gasteiger partial charge in [0.05, 0.1) is 26.0 Å². The molecule has 3 rings (SSSR count). The number of nitrogens with one attached hydrogen (secondary N) is 2. The summed E-state index contributed by atoms with van der Waals surface area (Å²) in [5, 5.41) is 6.60. The van der Waals surface area contributed by atoms with Gasteiger partial charge in [-0.05, 0) is 25.0 Å². The van der Waals surface area contributed by atoms with E-state index in [0.29, 0.717) is 37.5 Å². The Morgan fingerprint density at radius 1 is 1.27 bits per heavy atom. The van der Waals surface area contributed by atoms with E-state index >= 15 is 0 Å². The molecular formula is C23H34N4O3. The fourth-order valence-corrected chi connectivity index (χ4v) is 3.16. The van der Waals surface area contributed by atoms with E-state index in [1.54, 1.807) is 13.2 Å². The smallest absolute Gasteiger partial charge is 0.213 e. The number of aryl methyl sites for hydroxylation is 1. The van der Waals surface area contributed by atoms with Crippen molar-refractivity contribution in [3.05, 3.63) is 47.2 Å². The Balaban J connectivity index is 1.54. The van der Waals surface area contributed by atoms with E-state index < -0.39 is 0 Å². The number of hydrogen-bond acceptors (Lipinski definition) is 5. The highest BCUT2D eigenvalue weighted by atomic mass is 16.5. The molecule has 0 spiro atoms. The molecule has 7 nitrogen and oxygen atoms in total. The zero-order valence-electron chi connectivity index (χ0n) is 18.7. The van der Waals surface area contributed by atoms with Crippen LogP contribution in [0.25, 0.3) is 0 Å². The van der Waals surface area contributed by atoms with Crippen molar-refractivity contribution in [2.75, 3.05) is 26.9 Å². The van der Waals surface area contributed by atoms with Crippen LogP contribution in [-0.4, -0.2) is 37.8 Å². The number of aromatic nitrogens is 1. The summed E-state index contributed by atoms with van der Waals surface area (Å²) in [5.74, 6) is 3.57. The van der Waals surface area contributed by atoms with Crippen molar-refractivity contribution in [3.8, 4) is 5.75 Å². The van der Waals surface area contributed by atoms with Crippen LogP contribution in [-0.2, 0) is 23.2 Å². The Hall–Kier alpha value is -2.54. The Labute approximate surface area is 179 Å². The van der Waals surface area contributed by atoms with Crippen LogP contribution in [0.1, 0.15) is 50.0 Å². The number of hydrogen-bond donors (Lipinski definition) is 2. The maximum absolute atomic E-state index is 6.13. The van der Waals surface area contributed by atoms with Crippen molar-refractivity contribution in [2.24, 2.45) is 10.9 Å². The lowest BCUT2D eigenvalue weighted by molar-refractivity contribution is 0.166. The molecular weight excluding hydrogens is 380 g/mol. The number of rotatable bonds is 7. The topological polar surface area (TPSA) is 80.9 Å². The molecule has 1 atom stereocenters. The Morgan fingerprint density at radius 3 is 2.73 bits per heavy atom. The maximum atomic E-state index is 6.13. The first-order valence-electron chi connectivity index (χ1n) is 10.5. The molecule has 1 aliphatic rings. The number of oxazole rings is 1. The van der Waals surface area contributed by atoms with Crippen molar-refractivity contribution < 1.29 is 13.9 Å². The summed E-state index contributed by atoms with van der Waals surface area (Å²) in [5.41, 5.74) is 2.21. The molecule has 2 N–H and O–H groups in total. The van der Waals surface area contributed by atoms with Crippen LogP contribution in [0.3, 0.4) is 0 Å². The third-order valence-electron chi connectivity index (χ3n) is 5.09. The van der Waals surface area contributed by atoms with Gasteiger partial charge in [0.2, 0.25) is 5.89 Å². The lowest BCUT2D eigenvalue weighted by Crippen LogP contribution is -2.36. The summed E-state index contributed by atoms with van der Waals surface area (Å²) in [7, 11) is 1.75. The average molecular weight is 415 g/mol. The van der Waals surface area contributed by atoms with Gasteiger partial charge in [-0.25, -0.2) is 4.98 Å². The van der Waals surface area contributed by atoms with Gasteiger partial charge in [-0.2, -0.15) is 0 Å². The molecule has 0 amide bonds. The minimum Gasteiger partial charge on any atom is -0.493 e. The van der Waals surface area contributed by atoms with Crippen LogP contribution in [0.5, 0.6) is 5.75 Å². The third kappa shape index (κ3) is 6.23. The highest BCUT2D eigenvalue weighted by molar-refractivity contribution is 5.79. The van der Waals surface area contributed by atoms with Gasteiger partial charge in [-0.15, -0.1) is 0 Å². The van der Waals surface area contributed by atoms with E-state index in [0.717, 1.165) is 36.7 Å². The van der Waals surface area contributed by atoms with Crippen LogP contribution in [0.2, 0.25) is 0 Å². The predicted octanol–water partition coefficient (Wildman–Crippen LogP) is 3.56. The molecule has 1 fully saturated rings. The van der Waals surface area contributed by atoms with E-state index in [-0.39, 0.29) is 5.41 Å². The molecule has 1 aliphatic heterocycles. The van der Waals surface area contributed by atoms with Crippen LogP contribution < -0.4 is 15.4 Å². The van der Waals surface area contributed by atoms with Gasteiger partial charge in [-0.1, -0.05) is 32.9 Å². The van der Waals surface area contributed by atoms with E-state index in [4.69, 9.17) is 13.9 Å². The second-order valence-corrected chi connectivity index (χ2v) is 8.80. The number of ether oxygens (including phenoxy) is 2. The molecule has 2 aromatic rings. The molecule has 0 saturated carbocycles. The number of nitrogens with zero attached hydrogens (tertiary/aromatic N) is 2. The largest absolute Gasteiger partial charge is 0.493 e. The summed E-state index contributed by atoms with van der Waals surface area (Å²) in [6.45, 7) is 11.8. The zero-order chi connectivity index (χ0) is 21.6. The summed E-state index contributed by atoms with van der Waals surface area (Å²) >= 11 is 0. The first kappa shape index (κ1) is 22.2. The van der Waals surface area contributed by atoms with Crippen molar-refractivity contribution in [1.29, 1.82) is 0 Å². The van der Waals surface area contributed by atoms with E-state index in [1.165, 1.54) is 5.56 Å². The quantitative estimate of drug-likeness (QED) is 0.533. The van der Waals surface area contributed by atoms with Crippen LogP contribution in [0, 0.1) is 12.8 Å². The monoisotopic (exact) mass is 414 g/mol. The van der Waals surface area contributed by atoms with Crippen LogP contribution in [0.4, 0.5) is 0 Å².